The first-order chi connectivity index (χ1) is 12.7. The van der Waals surface area contributed by atoms with E-state index in [9.17, 15) is 4.79 Å². The first-order valence-corrected chi connectivity index (χ1v) is 10.6. The van der Waals surface area contributed by atoms with Crippen LogP contribution in [0.15, 0.2) is 18.2 Å². The van der Waals surface area contributed by atoms with Crippen LogP contribution in [0, 0.1) is 0 Å². The molecule has 0 radical (unpaired) electrons. The van der Waals surface area contributed by atoms with E-state index in [1.807, 2.05) is 0 Å². The summed E-state index contributed by atoms with van der Waals surface area (Å²) in [6, 6.07) is 7.56. The Morgan fingerprint density at radius 2 is 1.92 bits per heavy atom. The minimum absolute atomic E-state index is 0.0877. The van der Waals surface area contributed by atoms with Crippen LogP contribution in [0.2, 0.25) is 0 Å². The van der Waals surface area contributed by atoms with Gasteiger partial charge in [0.05, 0.1) is 12.6 Å². The van der Waals surface area contributed by atoms with E-state index >= 15 is 0 Å². The Morgan fingerprint density at radius 1 is 1.12 bits per heavy atom. The molecule has 0 aromatic heterocycles. The van der Waals surface area contributed by atoms with Crippen molar-refractivity contribution in [3.05, 3.63) is 34.9 Å². The van der Waals surface area contributed by atoms with Crippen LogP contribution in [0.1, 0.15) is 61.8 Å². The molecule has 2 saturated heterocycles. The highest BCUT2D eigenvalue weighted by Crippen LogP contribution is 2.25. The Labute approximate surface area is 157 Å². The van der Waals surface area contributed by atoms with Gasteiger partial charge in [0.1, 0.15) is 0 Å². The van der Waals surface area contributed by atoms with Gasteiger partial charge in [0, 0.05) is 12.6 Å². The summed E-state index contributed by atoms with van der Waals surface area (Å²) < 4.78 is 0. The van der Waals surface area contributed by atoms with E-state index in [0.29, 0.717) is 12.6 Å². The van der Waals surface area contributed by atoms with Crippen LogP contribution < -0.4 is 5.32 Å². The molecule has 2 atom stereocenters. The molecule has 2 fully saturated rings. The first kappa shape index (κ1) is 18.0. The number of nitrogens with one attached hydrogen (secondary N) is 1. The van der Waals surface area contributed by atoms with E-state index in [2.05, 4.69) is 40.2 Å². The molecule has 1 aromatic carbocycles. The summed E-state index contributed by atoms with van der Waals surface area (Å²) in [6.07, 6.45) is 8.81. The number of carbonyl (C=O) groups is 1. The highest BCUT2D eigenvalue weighted by Gasteiger charge is 2.29. The van der Waals surface area contributed by atoms with Gasteiger partial charge in [-0.05, 0) is 88.2 Å². The number of hydrogen-bond donors (Lipinski definition) is 1. The van der Waals surface area contributed by atoms with Crippen molar-refractivity contribution in [2.75, 3.05) is 32.7 Å². The SMILES string of the molecule is CC(NC(=O)CN1CCCN2CCCC2C1)c1ccc2c(c1)CCCC2. The number of nitrogens with zero attached hydrogens (tertiary/aromatic N) is 2. The Morgan fingerprint density at radius 3 is 2.81 bits per heavy atom. The Balaban J connectivity index is 1.32. The zero-order chi connectivity index (χ0) is 17.9. The van der Waals surface area contributed by atoms with Crippen molar-refractivity contribution in [2.24, 2.45) is 0 Å². The van der Waals surface area contributed by atoms with Gasteiger partial charge in [0.25, 0.3) is 0 Å². The smallest absolute Gasteiger partial charge is 0.234 e. The van der Waals surface area contributed by atoms with E-state index in [0.717, 1.165) is 13.1 Å². The van der Waals surface area contributed by atoms with Gasteiger partial charge in [0.2, 0.25) is 5.91 Å². The van der Waals surface area contributed by atoms with E-state index in [1.165, 1.54) is 74.7 Å². The molecule has 4 heteroatoms. The van der Waals surface area contributed by atoms with Crippen LogP contribution in [0.4, 0.5) is 0 Å². The average molecular weight is 356 g/mol. The van der Waals surface area contributed by atoms with Crippen LogP contribution in [0.5, 0.6) is 0 Å². The van der Waals surface area contributed by atoms with Crippen molar-refractivity contribution in [3.8, 4) is 0 Å². The molecule has 4 rings (SSSR count). The molecular weight excluding hydrogens is 322 g/mol. The quantitative estimate of drug-likeness (QED) is 0.902. The monoisotopic (exact) mass is 355 g/mol. The molecule has 2 unspecified atom stereocenters. The second kappa shape index (κ2) is 8.10. The summed E-state index contributed by atoms with van der Waals surface area (Å²) in [5.74, 6) is 0.168. The maximum atomic E-state index is 12.6. The number of rotatable bonds is 4. The predicted octanol–water partition coefficient (Wildman–Crippen LogP) is 2.91. The molecule has 0 spiro atoms. The van der Waals surface area contributed by atoms with Crippen LogP contribution >= 0.6 is 0 Å². The van der Waals surface area contributed by atoms with Gasteiger partial charge < -0.3 is 5.32 Å². The standard InChI is InChI=1S/C22H33N3O/c1-17(19-10-9-18-6-2-3-7-20(18)14-19)23-22(26)16-24-11-5-13-25-12-4-8-21(25)15-24/h9-10,14,17,21H,2-8,11-13,15-16H2,1H3,(H,23,26). The molecule has 4 nitrogen and oxygen atoms in total. The molecule has 0 bridgehead atoms. The van der Waals surface area contributed by atoms with Crippen LogP contribution in [0.25, 0.3) is 0 Å². The lowest BCUT2D eigenvalue weighted by atomic mass is 9.89. The summed E-state index contributed by atoms with van der Waals surface area (Å²) in [6.45, 7) is 7.21. The summed E-state index contributed by atoms with van der Waals surface area (Å²) in [4.78, 5) is 17.6. The van der Waals surface area contributed by atoms with Crippen molar-refractivity contribution in [1.82, 2.24) is 15.1 Å². The fourth-order valence-electron chi connectivity index (χ4n) is 5.02. The molecule has 2 aliphatic heterocycles. The summed E-state index contributed by atoms with van der Waals surface area (Å²) in [5, 5.41) is 3.24. The van der Waals surface area contributed by atoms with E-state index in [-0.39, 0.29) is 11.9 Å². The van der Waals surface area contributed by atoms with Gasteiger partial charge in [-0.2, -0.15) is 0 Å². The maximum Gasteiger partial charge on any atom is 0.234 e. The fourth-order valence-corrected chi connectivity index (χ4v) is 5.02. The summed E-state index contributed by atoms with van der Waals surface area (Å²) >= 11 is 0. The van der Waals surface area contributed by atoms with E-state index < -0.39 is 0 Å². The van der Waals surface area contributed by atoms with Gasteiger partial charge >= 0.3 is 0 Å². The number of fused-ring (bicyclic) bond motifs is 2. The maximum absolute atomic E-state index is 12.6. The van der Waals surface area contributed by atoms with Gasteiger partial charge in [-0.15, -0.1) is 0 Å². The molecule has 1 aromatic rings. The summed E-state index contributed by atoms with van der Waals surface area (Å²) in [5.41, 5.74) is 4.24. The lowest BCUT2D eigenvalue weighted by Crippen LogP contribution is -2.42. The zero-order valence-corrected chi connectivity index (χ0v) is 16.2. The first-order valence-electron chi connectivity index (χ1n) is 10.6. The Bertz CT molecular complexity index is 644. The van der Waals surface area contributed by atoms with Gasteiger partial charge in [-0.25, -0.2) is 0 Å². The van der Waals surface area contributed by atoms with Crippen LogP contribution in [0.3, 0.4) is 0 Å². The lowest BCUT2D eigenvalue weighted by molar-refractivity contribution is -0.122. The number of amides is 1. The molecule has 1 N–H and O–H groups in total. The van der Waals surface area contributed by atoms with Gasteiger partial charge in [-0.1, -0.05) is 18.2 Å². The minimum atomic E-state index is 0.0877. The molecule has 1 aliphatic carbocycles. The minimum Gasteiger partial charge on any atom is -0.348 e. The molecule has 142 valence electrons. The summed E-state index contributed by atoms with van der Waals surface area (Å²) in [7, 11) is 0. The van der Waals surface area contributed by atoms with E-state index in [4.69, 9.17) is 0 Å². The molecule has 26 heavy (non-hydrogen) atoms. The van der Waals surface area contributed by atoms with E-state index in [1.54, 1.807) is 0 Å². The highest BCUT2D eigenvalue weighted by atomic mass is 16.2. The normalized spacial score (nSPS) is 25.2. The van der Waals surface area contributed by atoms with Crippen molar-refractivity contribution in [1.29, 1.82) is 0 Å². The predicted molar refractivity (Wildman–Crippen MR) is 105 cm³/mol. The van der Waals surface area contributed by atoms with Crippen LogP contribution in [-0.2, 0) is 17.6 Å². The third-order valence-electron chi connectivity index (χ3n) is 6.50. The molecular formula is C22H33N3O. The number of aryl methyl sites for hydroxylation is 2. The van der Waals surface area contributed by atoms with Gasteiger partial charge in [0.15, 0.2) is 0 Å². The number of carbonyl (C=O) groups excluding carboxylic acids is 1. The fraction of sp³-hybridized carbons (Fsp3) is 0.682. The number of hydrogen-bond acceptors (Lipinski definition) is 3. The largest absolute Gasteiger partial charge is 0.348 e. The third-order valence-corrected chi connectivity index (χ3v) is 6.50. The average Bonchev–Trinajstić information content (AvgIpc) is 2.99. The van der Waals surface area contributed by atoms with Crippen molar-refractivity contribution in [3.63, 3.8) is 0 Å². The van der Waals surface area contributed by atoms with Crippen molar-refractivity contribution >= 4 is 5.91 Å². The van der Waals surface area contributed by atoms with Gasteiger partial charge in [-0.3, -0.25) is 14.6 Å². The second-order valence-electron chi connectivity index (χ2n) is 8.45. The van der Waals surface area contributed by atoms with Crippen LogP contribution in [-0.4, -0.2) is 54.5 Å². The second-order valence-corrected chi connectivity index (χ2v) is 8.45. The Hall–Kier alpha value is -1.39. The molecule has 1 amide bonds. The zero-order valence-electron chi connectivity index (χ0n) is 16.2. The topological polar surface area (TPSA) is 35.6 Å². The third kappa shape index (κ3) is 4.12. The molecule has 2 heterocycles. The number of benzene rings is 1. The molecule has 3 aliphatic rings. The lowest BCUT2D eigenvalue weighted by Gasteiger charge is -2.26. The molecule has 0 saturated carbocycles. The van der Waals surface area contributed by atoms with Crippen molar-refractivity contribution < 1.29 is 4.79 Å². The highest BCUT2D eigenvalue weighted by molar-refractivity contribution is 5.78. The Kier molecular flexibility index (Phi) is 5.60. The van der Waals surface area contributed by atoms with Crippen molar-refractivity contribution in [2.45, 2.75) is 64.0 Å².